The van der Waals surface area contributed by atoms with Gasteiger partial charge in [-0.25, -0.2) is 0 Å². The molecule has 0 radical (unpaired) electrons. The van der Waals surface area contributed by atoms with Gasteiger partial charge in [-0.15, -0.1) is 0 Å². The summed E-state index contributed by atoms with van der Waals surface area (Å²) >= 11 is 0. The van der Waals surface area contributed by atoms with Gasteiger partial charge < -0.3 is 14.8 Å². The lowest BCUT2D eigenvalue weighted by atomic mass is 10.1. The monoisotopic (exact) mass is 236 g/mol. The first-order valence-electron chi connectivity index (χ1n) is 4.93. The van der Waals surface area contributed by atoms with Crippen LogP contribution in [0.15, 0.2) is 0 Å². The van der Waals surface area contributed by atoms with Crippen LogP contribution in [0.4, 0.5) is 0 Å². The molecular weight excluding hydrogens is 219 g/mol. The van der Waals surface area contributed by atoms with E-state index in [1.54, 1.807) is 0 Å². The minimum atomic E-state index is -1.85. The summed E-state index contributed by atoms with van der Waals surface area (Å²) in [6.07, 6.45) is 1.31. The van der Waals surface area contributed by atoms with Gasteiger partial charge in [0.05, 0.1) is 13.7 Å². The van der Waals surface area contributed by atoms with Gasteiger partial charge in [0.1, 0.15) is 0 Å². The Kier molecular flexibility index (Phi) is 7.05. The Morgan fingerprint density at radius 2 is 1.93 bits per heavy atom. The zero-order valence-electron chi connectivity index (χ0n) is 8.73. The standard InChI is InChI=1S/C9H17O5P/c1-2-5-15(14)6-7(9(12)13)3-4-8(10)11/h7,15H,2-6H2,1H3,(H,10,11)(H,12,13). The summed E-state index contributed by atoms with van der Waals surface area (Å²) in [5.74, 6) is -2.85. The van der Waals surface area contributed by atoms with Crippen molar-refractivity contribution in [3.63, 3.8) is 0 Å². The van der Waals surface area contributed by atoms with Gasteiger partial charge in [-0.1, -0.05) is 6.92 Å². The van der Waals surface area contributed by atoms with Crippen LogP contribution in [-0.4, -0.2) is 34.5 Å². The van der Waals surface area contributed by atoms with Crippen LogP contribution in [0.1, 0.15) is 26.2 Å². The Bertz CT molecular complexity index is 251. The quantitative estimate of drug-likeness (QED) is 0.623. The second-order valence-corrected chi connectivity index (χ2v) is 5.45. The zero-order chi connectivity index (χ0) is 11.8. The highest BCUT2D eigenvalue weighted by Crippen LogP contribution is 2.27. The molecule has 0 rings (SSSR count). The van der Waals surface area contributed by atoms with E-state index >= 15 is 0 Å². The largest absolute Gasteiger partial charge is 0.481 e. The SMILES string of the molecule is CCC[PH](=O)CC(CCC(=O)O)C(=O)O. The molecule has 0 aromatic carbocycles. The van der Waals surface area contributed by atoms with Crippen molar-refractivity contribution < 1.29 is 24.4 Å². The maximum atomic E-state index is 11.4. The highest BCUT2D eigenvalue weighted by atomic mass is 31.1. The van der Waals surface area contributed by atoms with Gasteiger partial charge in [-0.2, -0.15) is 0 Å². The van der Waals surface area contributed by atoms with E-state index in [0.29, 0.717) is 6.16 Å². The number of hydrogen-bond acceptors (Lipinski definition) is 3. The summed E-state index contributed by atoms with van der Waals surface area (Å²) in [6.45, 7) is 1.88. The molecular formula is C9H17O5P. The summed E-state index contributed by atoms with van der Waals surface area (Å²) in [6, 6.07) is 0. The Balaban J connectivity index is 4.10. The van der Waals surface area contributed by atoms with Crippen molar-refractivity contribution in [1.29, 1.82) is 0 Å². The summed E-state index contributed by atoms with van der Waals surface area (Å²) in [5, 5.41) is 17.2. The van der Waals surface area contributed by atoms with Gasteiger partial charge in [-0.3, -0.25) is 9.59 Å². The molecule has 0 bridgehead atoms. The summed E-state index contributed by atoms with van der Waals surface area (Å²) in [5.41, 5.74) is 0. The molecule has 15 heavy (non-hydrogen) atoms. The Hall–Kier alpha value is -0.830. The molecule has 0 aliphatic rings. The first-order chi connectivity index (χ1) is 6.97. The van der Waals surface area contributed by atoms with E-state index < -0.39 is 25.7 Å². The van der Waals surface area contributed by atoms with E-state index in [9.17, 15) is 14.2 Å². The second-order valence-electron chi connectivity index (χ2n) is 3.46. The third-order valence-corrected chi connectivity index (χ3v) is 4.06. The molecule has 0 spiro atoms. The van der Waals surface area contributed by atoms with Gasteiger partial charge in [-0.05, 0) is 19.0 Å². The predicted molar refractivity (Wildman–Crippen MR) is 57.0 cm³/mol. The maximum absolute atomic E-state index is 11.4. The number of rotatable bonds is 8. The molecule has 5 nitrogen and oxygen atoms in total. The number of carboxylic acids is 2. The van der Waals surface area contributed by atoms with E-state index in [1.165, 1.54) is 0 Å². The highest BCUT2D eigenvalue weighted by Gasteiger charge is 2.20. The van der Waals surface area contributed by atoms with Crippen LogP contribution >= 0.6 is 7.80 Å². The van der Waals surface area contributed by atoms with E-state index in [1.807, 2.05) is 6.92 Å². The molecule has 2 N–H and O–H groups in total. The molecule has 0 fully saturated rings. The minimum Gasteiger partial charge on any atom is -0.481 e. The summed E-state index contributed by atoms with van der Waals surface area (Å²) in [4.78, 5) is 21.0. The molecule has 0 heterocycles. The molecule has 0 aromatic heterocycles. The smallest absolute Gasteiger partial charge is 0.306 e. The normalized spacial score (nSPS) is 14.5. The lowest BCUT2D eigenvalue weighted by Crippen LogP contribution is -2.18. The lowest BCUT2D eigenvalue weighted by molar-refractivity contribution is -0.142. The first kappa shape index (κ1) is 14.2. The molecule has 0 saturated heterocycles. The van der Waals surface area contributed by atoms with Crippen LogP contribution < -0.4 is 0 Å². The molecule has 0 aliphatic heterocycles. The van der Waals surface area contributed by atoms with E-state index in [2.05, 4.69) is 0 Å². The summed E-state index contributed by atoms with van der Waals surface area (Å²) < 4.78 is 11.4. The molecule has 0 aliphatic carbocycles. The Labute approximate surface area is 89.3 Å². The van der Waals surface area contributed by atoms with Crippen molar-refractivity contribution in [2.45, 2.75) is 26.2 Å². The Morgan fingerprint density at radius 1 is 1.33 bits per heavy atom. The van der Waals surface area contributed by atoms with Crippen molar-refractivity contribution in [2.24, 2.45) is 5.92 Å². The second kappa shape index (κ2) is 7.46. The van der Waals surface area contributed by atoms with Gasteiger partial charge in [0.2, 0.25) is 0 Å². The van der Waals surface area contributed by atoms with Crippen molar-refractivity contribution in [2.75, 3.05) is 12.3 Å². The van der Waals surface area contributed by atoms with Crippen molar-refractivity contribution in [1.82, 2.24) is 0 Å². The molecule has 0 aromatic rings. The average molecular weight is 236 g/mol. The average Bonchev–Trinajstić information content (AvgIpc) is 2.11. The fraction of sp³-hybridized carbons (Fsp3) is 0.778. The van der Waals surface area contributed by atoms with Crippen LogP contribution in [-0.2, 0) is 14.2 Å². The van der Waals surface area contributed by atoms with E-state index in [0.717, 1.165) is 6.42 Å². The maximum Gasteiger partial charge on any atom is 0.306 e. The predicted octanol–water partition coefficient (Wildman–Crippen LogP) is 1.52. The number of carbonyl (C=O) groups is 2. The molecule has 0 amide bonds. The van der Waals surface area contributed by atoms with Gasteiger partial charge in [0.25, 0.3) is 0 Å². The number of aliphatic carboxylic acids is 2. The molecule has 6 heteroatoms. The molecule has 88 valence electrons. The number of carboxylic acid groups (broad SMARTS) is 2. The van der Waals surface area contributed by atoms with Crippen molar-refractivity contribution in [3.8, 4) is 0 Å². The highest BCUT2D eigenvalue weighted by molar-refractivity contribution is 7.44. The fourth-order valence-electron chi connectivity index (χ4n) is 1.27. The van der Waals surface area contributed by atoms with Crippen LogP contribution in [0.25, 0.3) is 0 Å². The van der Waals surface area contributed by atoms with Crippen LogP contribution in [0.5, 0.6) is 0 Å². The fourth-order valence-corrected chi connectivity index (χ4v) is 2.96. The van der Waals surface area contributed by atoms with E-state index in [4.69, 9.17) is 10.2 Å². The topological polar surface area (TPSA) is 91.7 Å². The van der Waals surface area contributed by atoms with Crippen molar-refractivity contribution >= 4 is 19.7 Å². The van der Waals surface area contributed by atoms with Gasteiger partial charge in [0.15, 0.2) is 0 Å². The summed E-state index contributed by atoms with van der Waals surface area (Å²) in [7, 11) is -1.85. The lowest BCUT2D eigenvalue weighted by Gasteiger charge is -2.10. The van der Waals surface area contributed by atoms with Crippen LogP contribution in [0.2, 0.25) is 0 Å². The van der Waals surface area contributed by atoms with Gasteiger partial charge >= 0.3 is 11.9 Å². The van der Waals surface area contributed by atoms with Crippen LogP contribution in [0, 0.1) is 5.92 Å². The third kappa shape index (κ3) is 7.14. The van der Waals surface area contributed by atoms with Crippen LogP contribution in [0.3, 0.4) is 0 Å². The molecule has 2 atom stereocenters. The first-order valence-corrected chi connectivity index (χ1v) is 6.75. The molecule has 2 unspecified atom stereocenters. The number of hydrogen-bond donors (Lipinski definition) is 2. The Morgan fingerprint density at radius 3 is 2.33 bits per heavy atom. The molecule has 0 saturated carbocycles. The van der Waals surface area contributed by atoms with Crippen molar-refractivity contribution in [3.05, 3.63) is 0 Å². The zero-order valence-corrected chi connectivity index (χ0v) is 9.73. The van der Waals surface area contributed by atoms with Gasteiger partial charge in [0, 0.05) is 12.6 Å². The van der Waals surface area contributed by atoms with E-state index in [-0.39, 0.29) is 19.0 Å². The third-order valence-electron chi connectivity index (χ3n) is 2.06. The minimum absolute atomic E-state index is 0.0603.